The van der Waals surface area contributed by atoms with Crippen molar-refractivity contribution in [2.45, 2.75) is 67.6 Å². The molecule has 0 bridgehead atoms. The number of aryl methyl sites for hydroxylation is 4. The molecule has 156 valence electrons. The first-order valence-electron chi connectivity index (χ1n) is 9.96. The van der Waals surface area contributed by atoms with Gasteiger partial charge in [-0.2, -0.15) is 15.0 Å². The van der Waals surface area contributed by atoms with Gasteiger partial charge >= 0.3 is 0 Å². The van der Waals surface area contributed by atoms with E-state index in [1.165, 1.54) is 29.9 Å². The van der Waals surface area contributed by atoms with Crippen LogP contribution in [0.15, 0.2) is 32.8 Å². The number of anilines is 1. The fraction of sp³-hybridized carbons (Fsp3) is 0.450. The zero-order valence-corrected chi connectivity index (χ0v) is 19.2. The van der Waals surface area contributed by atoms with Crippen molar-refractivity contribution in [3.05, 3.63) is 34.9 Å². The molecule has 0 atom stereocenters. The molecule has 0 aromatic carbocycles. The largest absolute Gasteiger partial charge is 0.341 e. The van der Waals surface area contributed by atoms with E-state index in [0.29, 0.717) is 26.6 Å². The SMILES string of the molecule is Cc1cc(C)nc(Sc2nc(Sc3nc(C)cc(C)n3)nc(N3CCCCC3)n2)n1. The monoisotopic (exact) mass is 440 g/mol. The van der Waals surface area contributed by atoms with E-state index in [4.69, 9.17) is 9.97 Å². The van der Waals surface area contributed by atoms with Crippen LogP contribution in [-0.4, -0.2) is 48.0 Å². The van der Waals surface area contributed by atoms with Crippen molar-refractivity contribution in [2.24, 2.45) is 0 Å². The third-order valence-corrected chi connectivity index (χ3v) is 5.97. The Labute approximate surface area is 184 Å². The average molecular weight is 441 g/mol. The van der Waals surface area contributed by atoms with E-state index in [1.54, 1.807) is 0 Å². The van der Waals surface area contributed by atoms with E-state index in [0.717, 1.165) is 48.7 Å². The molecule has 0 aliphatic carbocycles. The van der Waals surface area contributed by atoms with Crippen LogP contribution in [-0.2, 0) is 0 Å². The van der Waals surface area contributed by atoms with Crippen molar-refractivity contribution in [3.63, 3.8) is 0 Å². The minimum Gasteiger partial charge on any atom is -0.341 e. The van der Waals surface area contributed by atoms with Crippen molar-refractivity contribution in [1.29, 1.82) is 0 Å². The van der Waals surface area contributed by atoms with E-state index in [-0.39, 0.29) is 0 Å². The molecule has 8 nitrogen and oxygen atoms in total. The number of piperidine rings is 1. The van der Waals surface area contributed by atoms with Gasteiger partial charge in [0, 0.05) is 35.9 Å². The van der Waals surface area contributed by atoms with Crippen LogP contribution in [0.4, 0.5) is 5.95 Å². The number of hydrogen-bond donors (Lipinski definition) is 0. The molecular formula is C20H24N8S2. The lowest BCUT2D eigenvalue weighted by molar-refractivity contribution is 0.560. The van der Waals surface area contributed by atoms with Gasteiger partial charge in [0.1, 0.15) is 0 Å². The standard InChI is InChI=1S/C20H24N8S2/c1-12-10-13(2)22-17(21-12)29-19-25-16(28-8-6-5-7-9-28)26-20(27-19)30-18-23-14(3)11-15(4)24-18/h10-11H,5-9H2,1-4H3. The molecular weight excluding hydrogens is 416 g/mol. The summed E-state index contributed by atoms with van der Waals surface area (Å²) in [6, 6.07) is 3.91. The summed E-state index contributed by atoms with van der Waals surface area (Å²) in [5.74, 6) is 0.698. The lowest BCUT2D eigenvalue weighted by Gasteiger charge is -2.26. The van der Waals surface area contributed by atoms with Crippen LogP contribution in [0.25, 0.3) is 0 Å². The number of aromatic nitrogens is 7. The maximum Gasteiger partial charge on any atom is 0.230 e. The fourth-order valence-electron chi connectivity index (χ4n) is 3.30. The summed E-state index contributed by atoms with van der Waals surface area (Å²) in [7, 11) is 0. The second-order valence-corrected chi connectivity index (χ2v) is 9.19. The Morgan fingerprint density at radius 1 is 0.567 bits per heavy atom. The van der Waals surface area contributed by atoms with E-state index in [9.17, 15) is 0 Å². The fourth-order valence-corrected chi connectivity index (χ4v) is 4.96. The molecule has 10 heteroatoms. The zero-order valence-electron chi connectivity index (χ0n) is 17.6. The van der Waals surface area contributed by atoms with Crippen molar-refractivity contribution < 1.29 is 0 Å². The van der Waals surface area contributed by atoms with Gasteiger partial charge in [-0.15, -0.1) is 0 Å². The summed E-state index contributed by atoms with van der Waals surface area (Å²) in [4.78, 5) is 34.4. The summed E-state index contributed by atoms with van der Waals surface area (Å²) >= 11 is 2.72. The molecule has 1 fully saturated rings. The van der Waals surface area contributed by atoms with Gasteiger partial charge in [-0.3, -0.25) is 0 Å². The Hall–Kier alpha value is -2.33. The quantitative estimate of drug-likeness (QED) is 0.542. The Morgan fingerprint density at radius 2 is 0.967 bits per heavy atom. The highest BCUT2D eigenvalue weighted by atomic mass is 32.2. The van der Waals surface area contributed by atoms with Gasteiger partial charge in [0.25, 0.3) is 0 Å². The molecule has 4 heterocycles. The molecule has 3 aromatic heterocycles. The lowest BCUT2D eigenvalue weighted by atomic mass is 10.1. The van der Waals surface area contributed by atoms with Gasteiger partial charge in [0.2, 0.25) is 16.3 Å². The molecule has 1 saturated heterocycles. The number of nitrogens with zero attached hydrogens (tertiary/aromatic N) is 8. The van der Waals surface area contributed by atoms with Gasteiger partial charge < -0.3 is 4.90 Å². The smallest absolute Gasteiger partial charge is 0.230 e. The molecule has 0 saturated carbocycles. The van der Waals surface area contributed by atoms with Crippen LogP contribution in [0, 0.1) is 27.7 Å². The Morgan fingerprint density at radius 3 is 1.40 bits per heavy atom. The number of hydrogen-bond acceptors (Lipinski definition) is 10. The average Bonchev–Trinajstić information content (AvgIpc) is 2.67. The van der Waals surface area contributed by atoms with E-state index < -0.39 is 0 Å². The highest BCUT2D eigenvalue weighted by Crippen LogP contribution is 2.29. The van der Waals surface area contributed by atoms with Crippen LogP contribution in [0.1, 0.15) is 42.0 Å². The molecule has 30 heavy (non-hydrogen) atoms. The molecule has 0 spiro atoms. The molecule has 1 aliphatic heterocycles. The van der Waals surface area contributed by atoms with E-state index in [1.807, 2.05) is 39.8 Å². The first-order valence-corrected chi connectivity index (χ1v) is 11.6. The van der Waals surface area contributed by atoms with E-state index in [2.05, 4.69) is 29.8 Å². The molecule has 0 N–H and O–H groups in total. The highest BCUT2D eigenvalue weighted by Gasteiger charge is 2.18. The van der Waals surface area contributed by atoms with Gasteiger partial charge in [-0.1, -0.05) is 0 Å². The molecule has 0 unspecified atom stereocenters. The Bertz CT molecular complexity index is 941. The van der Waals surface area contributed by atoms with Crippen LogP contribution >= 0.6 is 23.5 Å². The maximum absolute atomic E-state index is 4.72. The van der Waals surface area contributed by atoms with Gasteiger partial charge in [-0.05, 0) is 82.6 Å². The summed E-state index contributed by atoms with van der Waals surface area (Å²) in [5, 5.41) is 2.45. The van der Waals surface area contributed by atoms with Crippen LogP contribution < -0.4 is 4.90 Å². The summed E-state index contributed by atoms with van der Waals surface area (Å²) < 4.78 is 0. The topological polar surface area (TPSA) is 93.5 Å². The summed E-state index contributed by atoms with van der Waals surface area (Å²) in [6.07, 6.45) is 3.55. The predicted molar refractivity (Wildman–Crippen MR) is 117 cm³/mol. The third kappa shape index (κ3) is 5.42. The van der Waals surface area contributed by atoms with Crippen LogP contribution in [0.3, 0.4) is 0 Å². The van der Waals surface area contributed by atoms with Gasteiger partial charge in [-0.25, -0.2) is 19.9 Å². The third-order valence-electron chi connectivity index (χ3n) is 4.51. The van der Waals surface area contributed by atoms with Crippen molar-refractivity contribution >= 4 is 29.5 Å². The van der Waals surface area contributed by atoms with Gasteiger partial charge in [0.05, 0.1) is 0 Å². The Kier molecular flexibility index (Phi) is 6.43. The van der Waals surface area contributed by atoms with Crippen LogP contribution in [0.5, 0.6) is 0 Å². The minimum atomic E-state index is 0.586. The van der Waals surface area contributed by atoms with Crippen molar-refractivity contribution in [3.8, 4) is 0 Å². The molecule has 1 aliphatic rings. The second kappa shape index (κ2) is 9.22. The summed E-state index contributed by atoms with van der Waals surface area (Å²) in [6.45, 7) is 9.76. The molecule has 4 rings (SSSR count). The summed E-state index contributed by atoms with van der Waals surface area (Å²) in [5.41, 5.74) is 3.70. The normalized spacial score (nSPS) is 14.2. The molecule has 0 amide bonds. The number of rotatable bonds is 5. The van der Waals surface area contributed by atoms with E-state index >= 15 is 0 Å². The maximum atomic E-state index is 4.72. The Balaban J connectivity index is 1.68. The second-order valence-electron chi connectivity index (χ2n) is 7.32. The predicted octanol–water partition coefficient (Wildman–Crippen LogP) is 3.98. The lowest BCUT2D eigenvalue weighted by Crippen LogP contribution is -2.31. The van der Waals surface area contributed by atoms with Gasteiger partial charge in [0.15, 0.2) is 10.3 Å². The first-order chi connectivity index (χ1) is 14.4. The minimum absolute atomic E-state index is 0.586. The first kappa shape index (κ1) is 20.9. The van der Waals surface area contributed by atoms with Crippen molar-refractivity contribution in [1.82, 2.24) is 34.9 Å². The van der Waals surface area contributed by atoms with Crippen LogP contribution in [0.2, 0.25) is 0 Å². The van der Waals surface area contributed by atoms with Crippen molar-refractivity contribution in [2.75, 3.05) is 18.0 Å². The molecule has 0 radical (unpaired) electrons. The molecule has 3 aromatic rings. The highest BCUT2D eigenvalue weighted by molar-refractivity contribution is 7.99. The zero-order chi connectivity index (χ0) is 21.1.